The Morgan fingerprint density at radius 3 is 2.88 bits per heavy atom. The van der Waals surface area contributed by atoms with Gasteiger partial charge in [0.05, 0.1) is 9.83 Å². The van der Waals surface area contributed by atoms with E-state index in [-0.39, 0.29) is 6.04 Å². The Bertz CT molecular complexity index is 481. The quantitative estimate of drug-likeness (QED) is 0.937. The molecule has 2 rings (SSSR count). The summed E-state index contributed by atoms with van der Waals surface area (Å²) in [6, 6.07) is 4.41. The number of nitrogens with one attached hydrogen (secondary N) is 1. The highest BCUT2D eigenvalue weighted by molar-refractivity contribution is 9.11. The maximum atomic E-state index is 4.20. The van der Waals surface area contributed by atoms with Gasteiger partial charge in [0.2, 0.25) is 0 Å². The Morgan fingerprint density at radius 1 is 1.50 bits per heavy atom. The van der Waals surface area contributed by atoms with Crippen molar-refractivity contribution >= 4 is 27.3 Å². The van der Waals surface area contributed by atoms with Gasteiger partial charge in [-0.15, -0.1) is 11.3 Å². The van der Waals surface area contributed by atoms with E-state index >= 15 is 0 Å². The van der Waals surface area contributed by atoms with Gasteiger partial charge in [-0.25, -0.2) is 0 Å². The van der Waals surface area contributed by atoms with Crippen molar-refractivity contribution in [1.82, 2.24) is 10.3 Å². The number of aromatic nitrogens is 1. The summed E-state index contributed by atoms with van der Waals surface area (Å²) < 4.78 is 1.16. The minimum Gasteiger partial charge on any atom is -0.309 e. The summed E-state index contributed by atoms with van der Waals surface area (Å²) in [4.78, 5) is 4.20. The zero-order valence-corrected chi connectivity index (χ0v) is 11.6. The molecule has 0 aromatic carbocycles. The third-order valence-electron chi connectivity index (χ3n) is 2.60. The molecule has 2 nitrogen and oxygen atoms in total. The molecule has 0 aliphatic heterocycles. The number of halogens is 1. The first kappa shape index (κ1) is 11.8. The smallest absolute Gasteiger partial charge is 0.0701 e. The molecule has 84 valence electrons. The van der Waals surface area contributed by atoms with E-state index in [1.54, 1.807) is 11.3 Å². The van der Waals surface area contributed by atoms with Gasteiger partial charge in [-0.1, -0.05) is 0 Å². The molecule has 0 fully saturated rings. The molecule has 4 heteroatoms. The Kier molecular flexibility index (Phi) is 3.74. The summed E-state index contributed by atoms with van der Waals surface area (Å²) in [5.74, 6) is 0. The van der Waals surface area contributed by atoms with E-state index in [1.165, 1.54) is 16.7 Å². The molecule has 2 heterocycles. The number of hydrogen-bond donors (Lipinski definition) is 1. The fraction of sp³-hybridized carbons (Fsp3) is 0.250. The highest BCUT2D eigenvalue weighted by atomic mass is 79.9. The van der Waals surface area contributed by atoms with Crippen LogP contribution in [0.25, 0.3) is 0 Å². The summed E-state index contributed by atoms with van der Waals surface area (Å²) in [7, 11) is 1.97. The van der Waals surface area contributed by atoms with Crippen LogP contribution < -0.4 is 5.32 Å². The molecule has 0 saturated carbocycles. The predicted molar refractivity (Wildman–Crippen MR) is 71.9 cm³/mol. The number of thiophene rings is 1. The Labute approximate surface area is 108 Å². The van der Waals surface area contributed by atoms with Crippen LogP contribution in [0.1, 0.15) is 22.7 Å². The number of pyridine rings is 1. The number of nitrogens with zero attached hydrogens (tertiary/aromatic N) is 1. The maximum absolute atomic E-state index is 4.20. The third kappa shape index (κ3) is 2.34. The van der Waals surface area contributed by atoms with Gasteiger partial charge in [0.1, 0.15) is 0 Å². The van der Waals surface area contributed by atoms with Gasteiger partial charge in [0.25, 0.3) is 0 Å². The number of aryl methyl sites for hydroxylation is 1. The van der Waals surface area contributed by atoms with Gasteiger partial charge in [0.15, 0.2) is 0 Å². The largest absolute Gasteiger partial charge is 0.309 e. The van der Waals surface area contributed by atoms with Crippen molar-refractivity contribution in [3.8, 4) is 0 Å². The summed E-state index contributed by atoms with van der Waals surface area (Å²) >= 11 is 5.20. The standard InChI is InChI=1S/C12H13BrN2S/c1-8-3-4-15-6-10(8)12(14-2)9-5-11(13)16-7-9/h3-7,12,14H,1-2H3. The van der Waals surface area contributed by atoms with Crippen LogP contribution in [0.2, 0.25) is 0 Å². The Hall–Kier alpha value is -0.710. The molecular formula is C12H13BrN2S. The van der Waals surface area contributed by atoms with E-state index in [2.05, 4.69) is 44.6 Å². The van der Waals surface area contributed by atoms with Crippen LogP contribution in [0.3, 0.4) is 0 Å². The number of rotatable bonds is 3. The monoisotopic (exact) mass is 296 g/mol. The van der Waals surface area contributed by atoms with Crippen molar-refractivity contribution in [3.63, 3.8) is 0 Å². The van der Waals surface area contributed by atoms with Crippen LogP contribution in [0.5, 0.6) is 0 Å². The fourth-order valence-electron chi connectivity index (χ4n) is 1.75. The van der Waals surface area contributed by atoms with Gasteiger partial charge in [-0.3, -0.25) is 4.98 Å². The topological polar surface area (TPSA) is 24.9 Å². The average Bonchev–Trinajstić information content (AvgIpc) is 2.69. The van der Waals surface area contributed by atoms with Crippen molar-refractivity contribution in [2.45, 2.75) is 13.0 Å². The minimum absolute atomic E-state index is 0.219. The lowest BCUT2D eigenvalue weighted by molar-refractivity contribution is 0.686. The van der Waals surface area contributed by atoms with Crippen LogP contribution in [0.15, 0.2) is 33.7 Å². The van der Waals surface area contributed by atoms with Crippen molar-refractivity contribution in [3.05, 3.63) is 50.4 Å². The molecule has 2 aromatic heterocycles. The van der Waals surface area contributed by atoms with Gasteiger partial charge in [0, 0.05) is 12.4 Å². The average molecular weight is 297 g/mol. The summed E-state index contributed by atoms with van der Waals surface area (Å²) in [5, 5.41) is 5.50. The molecule has 0 amide bonds. The normalized spacial score (nSPS) is 12.7. The second-order valence-electron chi connectivity index (χ2n) is 3.64. The molecular weight excluding hydrogens is 284 g/mol. The second-order valence-corrected chi connectivity index (χ2v) is 5.93. The predicted octanol–water partition coefficient (Wildman–Crippen LogP) is 3.52. The number of hydrogen-bond acceptors (Lipinski definition) is 3. The van der Waals surface area contributed by atoms with E-state index in [4.69, 9.17) is 0 Å². The van der Waals surface area contributed by atoms with E-state index in [1.807, 2.05) is 25.5 Å². The molecule has 0 aliphatic rings. The van der Waals surface area contributed by atoms with E-state index in [0.717, 1.165) is 3.79 Å². The van der Waals surface area contributed by atoms with E-state index in [0.29, 0.717) is 0 Å². The SMILES string of the molecule is CNC(c1csc(Br)c1)c1cnccc1C. The highest BCUT2D eigenvalue weighted by Crippen LogP contribution is 2.30. The van der Waals surface area contributed by atoms with Crippen LogP contribution in [-0.4, -0.2) is 12.0 Å². The third-order valence-corrected chi connectivity index (χ3v) is 4.12. The van der Waals surface area contributed by atoms with Gasteiger partial charge < -0.3 is 5.32 Å². The molecule has 0 aliphatic carbocycles. The molecule has 1 N–H and O–H groups in total. The molecule has 2 aromatic rings. The maximum Gasteiger partial charge on any atom is 0.0701 e. The van der Waals surface area contributed by atoms with Crippen molar-refractivity contribution in [2.24, 2.45) is 0 Å². The molecule has 1 unspecified atom stereocenters. The molecule has 0 saturated heterocycles. The van der Waals surface area contributed by atoms with Crippen LogP contribution >= 0.6 is 27.3 Å². The van der Waals surface area contributed by atoms with Crippen LogP contribution in [-0.2, 0) is 0 Å². The van der Waals surface area contributed by atoms with Crippen LogP contribution in [0, 0.1) is 6.92 Å². The second kappa shape index (κ2) is 5.08. The first-order valence-corrected chi connectivity index (χ1v) is 6.71. The fourth-order valence-corrected chi connectivity index (χ4v) is 2.96. The zero-order valence-electron chi connectivity index (χ0n) is 9.20. The first-order valence-electron chi connectivity index (χ1n) is 5.04. The Balaban J connectivity index is 2.40. The summed E-state index contributed by atoms with van der Waals surface area (Å²) in [5.41, 5.74) is 3.77. The van der Waals surface area contributed by atoms with Crippen molar-refractivity contribution in [2.75, 3.05) is 7.05 Å². The Morgan fingerprint density at radius 2 is 2.31 bits per heavy atom. The zero-order chi connectivity index (χ0) is 11.5. The lowest BCUT2D eigenvalue weighted by atomic mass is 9.99. The van der Waals surface area contributed by atoms with E-state index in [9.17, 15) is 0 Å². The lowest BCUT2D eigenvalue weighted by Gasteiger charge is -2.17. The molecule has 0 bridgehead atoms. The van der Waals surface area contributed by atoms with Gasteiger partial charge >= 0.3 is 0 Å². The lowest BCUT2D eigenvalue weighted by Crippen LogP contribution is -2.18. The summed E-state index contributed by atoms with van der Waals surface area (Å²) in [6.07, 6.45) is 3.76. The van der Waals surface area contributed by atoms with Crippen molar-refractivity contribution in [1.29, 1.82) is 0 Å². The van der Waals surface area contributed by atoms with Crippen LogP contribution in [0.4, 0.5) is 0 Å². The van der Waals surface area contributed by atoms with E-state index < -0.39 is 0 Å². The minimum atomic E-state index is 0.219. The molecule has 0 radical (unpaired) electrons. The van der Waals surface area contributed by atoms with Crippen molar-refractivity contribution < 1.29 is 0 Å². The van der Waals surface area contributed by atoms with Gasteiger partial charge in [-0.2, -0.15) is 0 Å². The first-order chi connectivity index (χ1) is 7.72. The summed E-state index contributed by atoms with van der Waals surface area (Å²) in [6.45, 7) is 2.11. The molecule has 1 atom stereocenters. The molecule has 16 heavy (non-hydrogen) atoms. The highest BCUT2D eigenvalue weighted by Gasteiger charge is 2.15. The molecule has 0 spiro atoms. The van der Waals surface area contributed by atoms with Gasteiger partial charge in [-0.05, 0) is 64.1 Å².